The molecule has 7 heterocycles. The molecule has 11 rings (SSSR count). The number of pyridine rings is 2. The van der Waals surface area contributed by atoms with Crippen molar-refractivity contribution in [1.29, 1.82) is 0 Å². The highest BCUT2D eigenvalue weighted by molar-refractivity contribution is 6.10. The smallest absolute Gasteiger partial charge is 0.164 e. The SMILES string of the molecule is c1ccc(-n2c3cc(-c4cc5c(cn4)oc4cnc(-c6ccc7c8nccnc8n(-c8ccccc8)c7c6)cc45)ccc3c3nccnc32)cc1. The second-order valence-corrected chi connectivity index (χ2v) is 12.5. The summed E-state index contributed by atoms with van der Waals surface area (Å²) in [5.74, 6) is 0. The summed E-state index contributed by atoms with van der Waals surface area (Å²) in [5, 5.41) is 4.01. The number of furan rings is 1. The van der Waals surface area contributed by atoms with E-state index in [-0.39, 0.29) is 0 Å². The van der Waals surface area contributed by atoms with E-state index in [1.54, 1.807) is 37.2 Å². The predicted molar refractivity (Wildman–Crippen MR) is 200 cm³/mol. The molecule has 0 aliphatic heterocycles. The summed E-state index contributed by atoms with van der Waals surface area (Å²) >= 11 is 0. The van der Waals surface area contributed by atoms with Gasteiger partial charge in [-0.3, -0.25) is 29.1 Å². The number of aromatic nitrogens is 8. The molecule has 51 heavy (non-hydrogen) atoms. The molecule has 9 nitrogen and oxygen atoms in total. The van der Waals surface area contributed by atoms with Crippen LogP contribution in [0.1, 0.15) is 0 Å². The standard InChI is InChI=1S/C42H24N8O/c1-3-7-27(8-4-1)49-35-19-25(11-13-29(35)39-41(49)45-17-15-43-39)33-21-31-32-22-34(48-24-38(32)51-37(31)23-47-33)26-12-14-30-36(20-26)50(28-9-5-2-6-10-28)42-40(30)44-16-18-46-42/h1-24H. The van der Waals surface area contributed by atoms with E-state index in [0.29, 0.717) is 11.2 Å². The number of rotatable bonds is 4. The number of fused-ring (bicyclic) bond motifs is 9. The van der Waals surface area contributed by atoms with E-state index < -0.39 is 0 Å². The van der Waals surface area contributed by atoms with Crippen molar-refractivity contribution in [3.8, 4) is 33.9 Å². The van der Waals surface area contributed by atoms with Crippen LogP contribution >= 0.6 is 0 Å². The zero-order valence-electron chi connectivity index (χ0n) is 26.8. The van der Waals surface area contributed by atoms with Crippen LogP contribution in [-0.4, -0.2) is 39.0 Å². The van der Waals surface area contributed by atoms with Gasteiger partial charge in [0.2, 0.25) is 0 Å². The van der Waals surface area contributed by atoms with Crippen LogP contribution in [0.4, 0.5) is 0 Å². The second kappa shape index (κ2) is 10.6. The zero-order valence-corrected chi connectivity index (χ0v) is 26.8. The molecule has 0 aliphatic rings. The summed E-state index contributed by atoms with van der Waals surface area (Å²) in [5.41, 5.74) is 12.5. The monoisotopic (exact) mass is 656 g/mol. The highest BCUT2D eigenvalue weighted by Crippen LogP contribution is 2.37. The van der Waals surface area contributed by atoms with Crippen LogP contribution in [0.5, 0.6) is 0 Å². The Morgan fingerprint density at radius 2 is 0.863 bits per heavy atom. The summed E-state index contributed by atoms with van der Waals surface area (Å²) in [7, 11) is 0. The minimum Gasteiger partial charge on any atom is -0.453 e. The maximum absolute atomic E-state index is 6.24. The third-order valence-electron chi connectivity index (χ3n) is 9.63. The summed E-state index contributed by atoms with van der Waals surface area (Å²) in [4.78, 5) is 28.5. The molecule has 0 saturated carbocycles. The quantitative estimate of drug-likeness (QED) is 0.186. The zero-order chi connectivity index (χ0) is 33.5. The Balaban J connectivity index is 1.07. The third kappa shape index (κ3) is 4.15. The fourth-order valence-corrected chi connectivity index (χ4v) is 7.33. The Kier molecular flexibility index (Phi) is 5.76. The largest absolute Gasteiger partial charge is 0.453 e. The maximum atomic E-state index is 6.24. The van der Waals surface area contributed by atoms with Crippen molar-refractivity contribution in [2.45, 2.75) is 0 Å². The molecule has 9 heteroatoms. The van der Waals surface area contributed by atoms with Crippen LogP contribution in [0.25, 0.3) is 100.0 Å². The number of benzene rings is 4. The molecule has 0 amide bonds. The average molecular weight is 657 g/mol. The fraction of sp³-hybridized carbons (Fsp3) is 0. The fourth-order valence-electron chi connectivity index (χ4n) is 7.33. The van der Waals surface area contributed by atoms with Gasteiger partial charge in [0.15, 0.2) is 22.5 Å². The van der Waals surface area contributed by atoms with Crippen LogP contribution in [0.3, 0.4) is 0 Å². The van der Waals surface area contributed by atoms with Crippen molar-refractivity contribution in [2.75, 3.05) is 0 Å². The Morgan fingerprint density at radius 1 is 0.412 bits per heavy atom. The first-order valence-corrected chi connectivity index (χ1v) is 16.6. The van der Waals surface area contributed by atoms with Gasteiger partial charge in [0.05, 0.1) is 34.8 Å². The van der Waals surface area contributed by atoms with Crippen LogP contribution < -0.4 is 0 Å². The molecule has 7 aromatic heterocycles. The van der Waals surface area contributed by atoms with Crippen LogP contribution in [-0.2, 0) is 0 Å². The summed E-state index contributed by atoms with van der Waals surface area (Å²) in [6.07, 6.45) is 10.6. The lowest BCUT2D eigenvalue weighted by molar-refractivity contribution is 0.665. The van der Waals surface area contributed by atoms with E-state index in [0.717, 1.165) is 88.8 Å². The third-order valence-corrected chi connectivity index (χ3v) is 9.63. The van der Waals surface area contributed by atoms with Gasteiger partial charge in [0.25, 0.3) is 0 Å². The highest BCUT2D eigenvalue weighted by Gasteiger charge is 2.19. The number of nitrogens with zero attached hydrogens (tertiary/aromatic N) is 8. The lowest BCUT2D eigenvalue weighted by atomic mass is 10.0. The van der Waals surface area contributed by atoms with Gasteiger partial charge in [0, 0.05) is 68.8 Å². The Morgan fingerprint density at radius 3 is 1.33 bits per heavy atom. The van der Waals surface area contributed by atoms with Crippen LogP contribution in [0.15, 0.2) is 151 Å². The molecule has 0 saturated heterocycles. The van der Waals surface area contributed by atoms with E-state index in [9.17, 15) is 0 Å². The number of para-hydroxylation sites is 2. The average Bonchev–Trinajstić information content (AvgIpc) is 3.85. The molecule has 0 spiro atoms. The van der Waals surface area contributed by atoms with Crippen molar-refractivity contribution < 1.29 is 4.42 Å². The van der Waals surface area contributed by atoms with E-state index in [4.69, 9.17) is 24.4 Å². The lowest BCUT2D eigenvalue weighted by Gasteiger charge is -2.08. The van der Waals surface area contributed by atoms with Crippen molar-refractivity contribution in [1.82, 2.24) is 39.0 Å². The Labute approximate surface area is 289 Å². The Hall–Kier alpha value is -7.26. The molecule has 0 aliphatic carbocycles. The predicted octanol–water partition coefficient (Wildman–Crippen LogP) is 9.48. The first-order chi connectivity index (χ1) is 25.3. The first-order valence-electron chi connectivity index (χ1n) is 16.6. The van der Waals surface area contributed by atoms with E-state index in [2.05, 4.69) is 91.9 Å². The van der Waals surface area contributed by atoms with Gasteiger partial charge in [-0.25, -0.2) is 9.97 Å². The Bertz CT molecular complexity index is 2930. The minimum atomic E-state index is 0.706. The van der Waals surface area contributed by atoms with E-state index >= 15 is 0 Å². The van der Waals surface area contributed by atoms with Crippen LogP contribution in [0, 0.1) is 0 Å². The molecule has 0 atom stereocenters. The summed E-state index contributed by atoms with van der Waals surface area (Å²) < 4.78 is 10.6. The van der Waals surface area contributed by atoms with Crippen molar-refractivity contribution >= 4 is 66.1 Å². The molecule has 0 N–H and O–H groups in total. The topological polar surface area (TPSA) is 100 Å². The van der Waals surface area contributed by atoms with Crippen molar-refractivity contribution in [2.24, 2.45) is 0 Å². The maximum Gasteiger partial charge on any atom is 0.164 e. The van der Waals surface area contributed by atoms with Gasteiger partial charge in [-0.05, 0) is 60.7 Å². The van der Waals surface area contributed by atoms with Gasteiger partial charge in [-0.1, -0.05) is 48.5 Å². The molecular formula is C42H24N8O. The normalized spacial score (nSPS) is 11.9. The number of hydrogen-bond acceptors (Lipinski definition) is 7. The second-order valence-electron chi connectivity index (χ2n) is 12.5. The van der Waals surface area contributed by atoms with Crippen molar-refractivity contribution in [3.05, 3.63) is 146 Å². The van der Waals surface area contributed by atoms with E-state index in [1.165, 1.54) is 0 Å². The lowest BCUT2D eigenvalue weighted by Crippen LogP contribution is -1.95. The summed E-state index contributed by atoms with van der Waals surface area (Å²) in [6.45, 7) is 0. The van der Waals surface area contributed by atoms with Gasteiger partial charge in [0.1, 0.15) is 11.0 Å². The minimum absolute atomic E-state index is 0.706. The molecule has 0 radical (unpaired) electrons. The van der Waals surface area contributed by atoms with E-state index in [1.807, 2.05) is 36.4 Å². The first kappa shape index (κ1) is 27.7. The van der Waals surface area contributed by atoms with Crippen molar-refractivity contribution in [3.63, 3.8) is 0 Å². The van der Waals surface area contributed by atoms with Gasteiger partial charge in [-0.15, -0.1) is 0 Å². The van der Waals surface area contributed by atoms with Gasteiger partial charge < -0.3 is 4.42 Å². The highest BCUT2D eigenvalue weighted by atomic mass is 16.3. The number of hydrogen-bond donors (Lipinski definition) is 0. The summed E-state index contributed by atoms with van der Waals surface area (Å²) in [6, 6.07) is 37.5. The molecular weight excluding hydrogens is 633 g/mol. The molecule has 0 fully saturated rings. The van der Waals surface area contributed by atoms with Gasteiger partial charge in [-0.2, -0.15) is 0 Å². The molecule has 238 valence electrons. The molecule has 0 bridgehead atoms. The molecule has 4 aromatic carbocycles. The van der Waals surface area contributed by atoms with Gasteiger partial charge >= 0.3 is 0 Å². The molecule has 0 unspecified atom stereocenters. The van der Waals surface area contributed by atoms with Crippen LogP contribution in [0.2, 0.25) is 0 Å². The molecule has 11 aromatic rings.